The van der Waals surface area contributed by atoms with E-state index in [1.165, 1.54) is 0 Å². The molecule has 0 saturated carbocycles. The van der Waals surface area contributed by atoms with Gasteiger partial charge in [0.2, 0.25) is 15.9 Å². The molecule has 0 spiro atoms. The van der Waals surface area contributed by atoms with Crippen molar-refractivity contribution in [3.8, 4) is 5.75 Å². The van der Waals surface area contributed by atoms with Crippen LogP contribution in [0.2, 0.25) is 0 Å². The molecule has 0 aliphatic heterocycles. The van der Waals surface area contributed by atoms with Gasteiger partial charge in [0.1, 0.15) is 18.9 Å². The number of hydrogen-bond donors (Lipinski definition) is 1. The van der Waals surface area contributed by atoms with Crippen molar-refractivity contribution < 1.29 is 17.9 Å². The summed E-state index contributed by atoms with van der Waals surface area (Å²) in [6, 6.07) is 16.2. The largest absolute Gasteiger partial charge is 0.492 e. The highest BCUT2D eigenvalue weighted by Crippen LogP contribution is 2.17. The van der Waals surface area contributed by atoms with E-state index < -0.39 is 10.0 Å². The lowest BCUT2D eigenvalue weighted by Crippen LogP contribution is -2.41. The molecule has 2 aromatic carbocycles. The van der Waals surface area contributed by atoms with Gasteiger partial charge >= 0.3 is 0 Å². The molecule has 0 saturated heterocycles. The Balaban J connectivity index is 1.88. The number of sulfonamides is 1. The minimum absolute atomic E-state index is 0.271. The van der Waals surface area contributed by atoms with Crippen molar-refractivity contribution in [1.29, 1.82) is 0 Å². The van der Waals surface area contributed by atoms with Crippen LogP contribution < -0.4 is 14.4 Å². The molecule has 0 radical (unpaired) electrons. The van der Waals surface area contributed by atoms with Gasteiger partial charge in [0.05, 0.1) is 18.5 Å². The molecule has 0 aromatic heterocycles. The van der Waals surface area contributed by atoms with Crippen molar-refractivity contribution in [2.75, 3.05) is 30.3 Å². The average molecular weight is 362 g/mol. The second kappa shape index (κ2) is 8.53. The lowest BCUT2D eigenvalue weighted by molar-refractivity contribution is -0.119. The van der Waals surface area contributed by atoms with Crippen LogP contribution in [0.3, 0.4) is 0 Å². The number of nitrogens with zero attached hydrogens (tertiary/aromatic N) is 1. The van der Waals surface area contributed by atoms with Gasteiger partial charge in [-0.1, -0.05) is 35.9 Å². The molecule has 0 heterocycles. The third-order valence-corrected chi connectivity index (χ3v) is 4.59. The molecular formula is C18H22N2O4S. The van der Waals surface area contributed by atoms with Gasteiger partial charge in [-0.25, -0.2) is 8.42 Å². The van der Waals surface area contributed by atoms with Crippen LogP contribution in [0.25, 0.3) is 0 Å². The summed E-state index contributed by atoms with van der Waals surface area (Å²) < 4.78 is 30.5. The normalized spacial score (nSPS) is 11.0. The van der Waals surface area contributed by atoms with E-state index in [1.807, 2.05) is 37.3 Å². The van der Waals surface area contributed by atoms with Gasteiger partial charge < -0.3 is 10.1 Å². The summed E-state index contributed by atoms with van der Waals surface area (Å²) in [6.45, 7) is 2.24. The zero-order valence-corrected chi connectivity index (χ0v) is 15.1. The second-order valence-electron chi connectivity index (χ2n) is 5.62. The molecule has 0 bridgehead atoms. The van der Waals surface area contributed by atoms with Crippen molar-refractivity contribution in [2.24, 2.45) is 0 Å². The average Bonchev–Trinajstić information content (AvgIpc) is 2.57. The SMILES string of the molecule is Cc1ccc(N(CC(=O)NCCOc2ccccc2)S(C)(=O)=O)cc1. The zero-order valence-electron chi connectivity index (χ0n) is 14.3. The van der Waals surface area contributed by atoms with Crippen molar-refractivity contribution >= 4 is 21.6 Å². The first kappa shape index (κ1) is 18.8. The first-order valence-corrected chi connectivity index (χ1v) is 9.70. The van der Waals surface area contributed by atoms with Crippen LogP contribution >= 0.6 is 0 Å². The smallest absolute Gasteiger partial charge is 0.240 e. The van der Waals surface area contributed by atoms with Crippen molar-refractivity contribution in [2.45, 2.75) is 6.92 Å². The maximum Gasteiger partial charge on any atom is 0.240 e. The molecule has 2 rings (SSSR count). The van der Waals surface area contributed by atoms with Gasteiger partial charge in [0, 0.05) is 0 Å². The zero-order chi connectivity index (χ0) is 18.3. The highest BCUT2D eigenvalue weighted by atomic mass is 32.2. The monoisotopic (exact) mass is 362 g/mol. The first-order chi connectivity index (χ1) is 11.9. The van der Waals surface area contributed by atoms with Crippen LogP contribution in [-0.2, 0) is 14.8 Å². The van der Waals surface area contributed by atoms with Crippen LogP contribution in [0.4, 0.5) is 5.69 Å². The highest BCUT2D eigenvalue weighted by Gasteiger charge is 2.20. The molecule has 0 unspecified atom stereocenters. The summed E-state index contributed by atoms with van der Waals surface area (Å²) in [5.74, 6) is 0.330. The number of amides is 1. The Kier molecular flexibility index (Phi) is 6.41. The Morgan fingerprint density at radius 3 is 2.32 bits per heavy atom. The number of aryl methyl sites for hydroxylation is 1. The standard InChI is InChI=1S/C18H22N2O4S/c1-15-8-10-16(11-9-15)20(25(2,22)23)14-18(21)19-12-13-24-17-6-4-3-5-7-17/h3-11H,12-14H2,1-2H3,(H,19,21). The van der Waals surface area contributed by atoms with Crippen molar-refractivity contribution in [3.63, 3.8) is 0 Å². The Labute approximate surface area is 148 Å². The van der Waals surface area contributed by atoms with Gasteiger partial charge in [0.15, 0.2) is 0 Å². The van der Waals surface area contributed by atoms with Crippen molar-refractivity contribution in [3.05, 3.63) is 60.2 Å². The fourth-order valence-corrected chi connectivity index (χ4v) is 3.03. The van der Waals surface area contributed by atoms with E-state index in [1.54, 1.807) is 24.3 Å². The molecule has 2 aromatic rings. The molecule has 7 heteroatoms. The number of para-hydroxylation sites is 1. The Hall–Kier alpha value is -2.54. The van der Waals surface area contributed by atoms with Crippen LogP contribution in [0.15, 0.2) is 54.6 Å². The summed E-state index contributed by atoms with van der Waals surface area (Å²) in [6.07, 6.45) is 1.08. The predicted molar refractivity (Wildman–Crippen MR) is 98.3 cm³/mol. The molecule has 25 heavy (non-hydrogen) atoms. The molecule has 0 atom stereocenters. The van der Waals surface area contributed by atoms with E-state index in [-0.39, 0.29) is 12.5 Å². The first-order valence-electron chi connectivity index (χ1n) is 7.85. The molecule has 0 aliphatic carbocycles. The van der Waals surface area contributed by atoms with Gasteiger partial charge in [-0.05, 0) is 31.2 Å². The van der Waals surface area contributed by atoms with E-state index in [2.05, 4.69) is 5.32 Å². The fourth-order valence-electron chi connectivity index (χ4n) is 2.17. The quantitative estimate of drug-likeness (QED) is 0.729. The maximum absolute atomic E-state index is 12.1. The molecule has 134 valence electrons. The fraction of sp³-hybridized carbons (Fsp3) is 0.278. The van der Waals surface area contributed by atoms with E-state index in [0.29, 0.717) is 24.6 Å². The molecule has 6 nitrogen and oxygen atoms in total. The minimum Gasteiger partial charge on any atom is -0.492 e. The van der Waals surface area contributed by atoms with Crippen LogP contribution in [0.5, 0.6) is 5.75 Å². The molecular weight excluding hydrogens is 340 g/mol. The van der Waals surface area contributed by atoms with E-state index in [0.717, 1.165) is 16.1 Å². The summed E-state index contributed by atoms with van der Waals surface area (Å²) in [7, 11) is -3.56. The van der Waals surface area contributed by atoms with Gasteiger partial charge in [-0.3, -0.25) is 9.10 Å². The van der Waals surface area contributed by atoms with Gasteiger partial charge in [0.25, 0.3) is 0 Å². The Morgan fingerprint density at radius 1 is 1.08 bits per heavy atom. The number of benzene rings is 2. The number of hydrogen-bond acceptors (Lipinski definition) is 4. The number of anilines is 1. The number of carbonyl (C=O) groups is 1. The maximum atomic E-state index is 12.1. The topological polar surface area (TPSA) is 75.7 Å². The Bertz CT molecular complexity index is 790. The van der Waals surface area contributed by atoms with Crippen LogP contribution in [0.1, 0.15) is 5.56 Å². The third-order valence-electron chi connectivity index (χ3n) is 3.45. The van der Waals surface area contributed by atoms with E-state index >= 15 is 0 Å². The Morgan fingerprint density at radius 2 is 1.72 bits per heavy atom. The molecule has 1 N–H and O–H groups in total. The van der Waals surface area contributed by atoms with E-state index in [4.69, 9.17) is 4.74 Å². The number of ether oxygens (including phenoxy) is 1. The van der Waals surface area contributed by atoms with Crippen molar-refractivity contribution in [1.82, 2.24) is 5.32 Å². The predicted octanol–water partition coefficient (Wildman–Crippen LogP) is 1.96. The summed E-state index contributed by atoms with van der Waals surface area (Å²) >= 11 is 0. The third kappa shape index (κ3) is 6.11. The lowest BCUT2D eigenvalue weighted by atomic mass is 10.2. The molecule has 1 amide bonds. The number of carbonyl (C=O) groups excluding carboxylic acids is 1. The van der Waals surface area contributed by atoms with Gasteiger partial charge in [-0.15, -0.1) is 0 Å². The highest BCUT2D eigenvalue weighted by molar-refractivity contribution is 7.92. The van der Waals surface area contributed by atoms with Crippen LogP contribution in [0, 0.1) is 6.92 Å². The second-order valence-corrected chi connectivity index (χ2v) is 7.52. The van der Waals surface area contributed by atoms with Crippen LogP contribution in [-0.4, -0.2) is 40.3 Å². The molecule has 0 fully saturated rings. The summed E-state index contributed by atoms with van der Waals surface area (Å²) in [5.41, 5.74) is 1.48. The van der Waals surface area contributed by atoms with Gasteiger partial charge in [-0.2, -0.15) is 0 Å². The van der Waals surface area contributed by atoms with E-state index in [9.17, 15) is 13.2 Å². The lowest BCUT2D eigenvalue weighted by Gasteiger charge is -2.22. The minimum atomic E-state index is -3.56. The molecule has 0 aliphatic rings. The summed E-state index contributed by atoms with van der Waals surface area (Å²) in [5, 5.41) is 2.67. The number of rotatable bonds is 8. The number of nitrogens with one attached hydrogen (secondary N) is 1. The summed E-state index contributed by atoms with van der Waals surface area (Å²) in [4.78, 5) is 12.1.